The fourth-order valence-corrected chi connectivity index (χ4v) is 1.83. The van der Waals surface area contributed by atoms with Crippen LogP contribution in [0.1, 0.15) is 5.56 Å². The maximum Gasteiger partial charge on any atom is 0.421 e. The minimum atomic E-state index is -4.45. The van der Waals surface area contributed by atoms with Gasteiger partial charge in [0.25, 0.3) is 0 Å². The number of alkyl halides is 3. The Morgan fingerprint density at radius 2 is 2.20 bits per heavy atom. The van der Waals surface area contributed by atoms with Gasteiger partial charge in [0.15, 0.2) is 11.6 Å². The molecule has 0 unspecified atom stereocenters. The standard InChI is InChI=1S/C8H6BrF3N2O/c9-4-3-14-7-6(15-2-1-13-7)5(4)8(10,11)12/h3H,1-2H2,(H,13,14). The molecular weight excluding hydrogens is 277 g/mol. The highest BCUT2D eigenvalue weighted by Crippen LogP contribution is 2.44. The third-order valence-corrected chi connectivity index (χ3v) is 2.51. The lowest BCUT2D eigenvalue weighted by Gasteiger charge is -2.22. The molecule has 3 nitrogen and oxygen atoms in total. The van der Waals surface area contributed by atoms with E-state index in [2.05, 4.69) is 26.2 Å². The monoisotopic (exact) mass is 282 g/mol. The number of fused-ring (bicyclic) bond motifs is 1. The number of hydrogen-bond donors (Lipinski definition) is 1. The fourth-order valence-electron chi connectivity index (χ4n) is 1.32. The van der Waals surface area contributed by atoms with E-state index in [1.54, 1.807) is 0 Å². The van der Waals surface area contributed by atoms with Gasteiger partial charge in [-0.2, -0.15) is 13.2 Å². The first-order valence-corrected chi connectivity index (χ1v) is 4.92. The molecule has 0 atom stereocenters. The van der Waals surface area contributed by atoms with Crippen molar-refractivity contribution in [3.63, 3.8) is 0 Å². The van der Waals surface area contributed by atoms with Crippen LogP contribution in [-0.4, -0.2) is 18.1 Å². The number of anilines is 1. The van der Waals surface area contributed by atoms with Crippen molar-refractivity contribution < 1.29 is 17.9 Å². The fraction of sp³-hybridized carbons (Fsp3) is 0.375. The van der Waals surface area contributed by atoms with Gasteiger partial charge in [-0.25, -0.2) is 4.98 Å². The molecule has 1 aliphatic heterocycles. The van der Waals surface area contributed by atoms with Crippen LogP contribution in [0.4, 0.5) is 19.0 Å². The topological polar surface area (TPSA) is 34.1 Å². The van der Waals surface area contributed by atoms with Crippen molar-refractivity contribution in [3.05, 3.63) is 16.2 Å². The molecule has 0 spiro atoms. The quantitative estimate of drug-likeness (QED) is 0.794. The van der Waals surface area contributed by atoms with Gasteiger partial charge in [-0.15, -0.1) is 0 Å². The lowest BCUT2D eigenvalue weighted by Crippen LogP contribution is -2.22. The van der Waals surface area contributed by atoms with Gasteiger partial charge in [-0.1, -0.05) is 0 Å². The zero-order chi connectivity index (χ0) is 11.1. The Morgan fingerprint density at radius 3 is 2.87 bits per heavy atom. The largest absolute Gasteiger partial charge is 0.487 e. The Labute approximate surface area is 91.8 Å². The van der Waals surface area contributed by atoms with E-state index in [4.69, 9.17) is 4.74 Å². The number of nitrogens with zero attached hydrogens (tertiary/aromatic N) is 1. The zero-order valence-corrected chi connectivity index (χ0v) is 8.94. The van der Waals surface area contributed by atoms with Gasteiger partial charge in [0.2, 0.25) is 0 Å². The second-order valence-corrected chi connectivity index (χ2v) is 3.79. The molecule has 1 N–H and O–H groups in total. The maximum absolute atomic E-state index is 12.7. The molecule has 2 heterocycles. The van der Waals surface area contributed by atoms with Gasteiger partial charge in [-0.3, -0.25) is 0 Å². The molecule has 1 aromatic rings. The Kier molecular flexibility index (Phi) is 2.49. The van der Waals surface area contributed by atoms with E-state index in [0.717, 1.165) is 6.20 Å². The van der Waals surface area contributed by atoms with Crippen LogP contribution in [0.3, 0.4) is 0 Å². The van der Waals surface area contributed by atoms with Crippen LogP contribution in [-0.2, 0) is 6.18 Å². The van der Waals surface area contributed by atoms with E-state index in [-0.39, 0.29) is 22.6 Å². The van der Waals surface area contributed by atoms with Gasteiger partial charge >= 0.3 is 6.18 Å². The molecule has 82 valence electrons. The zero-order valence-electron chi connectivity index (χ0n) is 7.36. The van der Waals surface area contributed by atoms with Gasteiger partial charge in [0.1, 0.15) is 12.2 Å². The highest BCUT2D eigenvalue weighted by Gasteiger charge is 2.39. The summed E-state index contributed by atoms with van der Waals surface area (Å²) in [7, 11) is 0. The SMILES string of the molecule is FC(F)(F)c1c(Br)cnc2c1OCCN2. The molecule has 0 amide bonds. The molecule has 1 aliphatic rings. The summed E-state index contributed by atoms with van der Waals surface area (Å²) in [4.78, 5) is 3.81. The maximum atomic E-state index is 12.7. The third-order valence-electron chi connectivity index (χ3n) is 1.91. The smallest absolute Gasteiger partial charge is 0.421 e. The number of aromatic nitrogens is 1. The summed E-state index contributed by atoms with van der Waals surface area (Å²) in [5, 5.41) is 2.75. The predicted molar refractivity (Wildman–Crippen MR) is 50.9 cm³/mol. The van der Waals surface area contributed by atoms with E-state index < -0.39 is 11.7 Å². The van der Waals surface area contributed by atoms with Gasteiger partial charge in [0.05, 0.1) is 11.0 Å². The van der Waals surface area contributed by atoms with Crippen LogP contribution < -0.4 is 10.1 Å². The van der Waals surface area contributed by atoms with Crippen LogP contribution >= 0.6 is 15.9 Å². The summed E-state index contributed by atoms with van der Waals surface area (Å²) in [5.41, 5.74) is -0.820. The van der Waals surface area contributed by atoms with Crippen LogP contribution in [0.25, 0.3) is 0 Å². The summed E-state index contributed by atoms with van der Waals surface area (Å²) in [6.07, 6.45) is -3.34. The number of rotatable bonds is 0. The van der Waals surface area contributed by atoms with Gasteiger partial charge in [-0.05, 0) is 15.9 Å². The first-order chi connectivity index (χ1) is 7.00. The molecule has 15 heavy (non-hydrogen) atoms. The average molecular weight is 283 g/mol. The lowest BCUT2D eigenvalue weighted by atomic mass is 10.2. The molecule has 0 radical (unpaired) electrons. The average Bonchev–Trinajstić information content (AvgIpc) is 2.15. The molecule has 1 aromatic heterocycles. The number of ether oxygens (including phenoxy) is 1. The van der Waals surface area contributed by atoms with Crippen molar-refractivity contribution >= 4 is 21.7 Å². The minimum Gasteiger partial charge on any atom is -0.487 e. The molecule has 0 saturated carbocycles. The van der Waals surface area contributed by atoms with Crippen molar-refractivity contribution in [2.45, 2.75) is 6.18 Å². The summed E-state index contributed by atoms with van der Waals surface area (Å²) in [5.74, 6) is -0.0973. The van der Waals surface area contributed by atoms with E-state index in [1.807, 2.05) is 0 Å². The second-order valence-electron chi connectivity index (χ2n) is 2.93. The third kappa shape index (κ3) is 1.88. The molecule has 0 aliphatic carbocycles. The molecule has 0 aromatic carbocycles. The highest BCUT2D eigenvalue weighted by atomic mass is 79.9. The number of hydrogen-bond acceptors (Lipinski definition) is 3. The van der Waals surface area contributed by atoms with Crippen LogP contribution in [0.2, 0.25) is 0 Å². The first kappa shape index (κ1) is 10.5. The summed E-state index contributed by atoms with van der Waals surface area (Å²) < 4.78 is 42.9. The number of nitrogens with one attached hydrogen (secondary N) is 1. The van der Waals surface area contributed by atoms with Crippen molar-refractivity contribution in [2.24, 2.45) is 0 Å². The number of halogens is 4. The van der Waals surface area contributed by atoms with Crippen molar-refractivity contribution in [1.29, 1.82) is 0 Å². The summed E-state index contributed by atoms with van der Waals surface area (Å²) in [6.45, 7) is 0.660. The van der Waals surface area contributed by atoms with Crippen molar-refractivity contribution in [3.8, 4) is 5.75 Å². The van der Waals surface area contributed by atoms with Crippen molar-refractivity contribution in [2.75, 3.05) is 18.5 Å². The van der Waals surface area contributed by atoms with Crippen LogP contribution in [0.15, 0.2) is 10.7 Å². The van der Waals surface area contributed by atoms with Gasteiger partial charge < -0.3 is 10.1 Å². The van der Waals surface area contributed by atoms with E-state index in [1.165, 1.54) is 0 Å². The Hall–Kier alpha value is -0.980. The molecule has 0 bridgehead atoms. The molecule has 0 saturated heterocycles. The van der Waals surface area contributed by atoms with Crippen molar-refractivity contribution in [1.82, 2.24) is 4.98 Å². The Balaban J connectivity index is 2.60. The normalized spacial score (nSPS) is 15.2. The van der Waals surface area contributed by atoms with Crippen LogP contribution in [0.5, 0.6) is 5.75 Å². The van der Waals surface area contributed by atoms with E-state index in [9.17, 15) is 13.2 Å². The Bertz CT molecular complexity index is 394. The summed E-state index contributed by atoms with van der Waals surface area (Å²) >= 11 is 2.82. The predicted octanol–water partition coefficient (Wildman–Crippen LogP) is 2.67. The van der Waals surface area contributed by atoms with Crippen LogP contribution in [0, 0.1) is 0 Å². The minimum absolute atomic E-state index is 0.113. The van der Waals surface area contributed by atoms with E-state index >= 15 is 0 Å². The second kappa shape index (κ2) is 3.55. The lowest BCUT2D eigenvalue weighted by molar-refractivity contribution is -0.139. The van der Waals surface area contributed by atoms with E-state index in [0.29, 0.717) is 6.54 Å². The molecule has 0 fully saturated rings. The first-order valence-electron chi connectivity index (χ1n) is 4.12. The Morgan fingerprint density at radius 1 is 1.47 bits per heavy atom. The molecular formula is C8H6BrF3N2O. The molecule has 7 heteroatoms. The highest BCUT2D eigenvalue weighted by molar-refractivity contribution is 9.10. The van der Waals surface area contributed by atoms with Gasteiger partial charge in [0, 0.05) is 6.20 Å². The summed E-state index contributed by atoms with van der Waals surface area (Å²) in [6, 6.07) is 0. The molecule has 2 rings (SSSR count). The number of pyridine rings is 1.